The first-order valence-electron chi connectivity index (χ1n) is 22.5. The predicted molar refractivity (Wildman–Crippen MR) is 220 cm³/mol. The Labute approximate surface area is 314 Å². The zero-order chi connectivity index (χ0) is 37.0. The van der Waals surface area contributed by atoms with Crippen molar-refractivity contribution in [2.24, 2.45) is 5.92 Å². The molecule has 5 nitrogen and oxygen atoms in total. The molecule has 0 bridgehead atoms. The van der Waals surface area contributed by atoms with Gasteiger partial charge in [-0.1, -0.05) is 194 Å². The highest BCUT2D eigenvalue weighted by Crippen LogP contribution is 2.24. The molecule has 0 spiro atoms. The van der Waals surface area contributed by atoms with Crippen molar-refractivity contribution < 1.29 is 19.7 Å². The van der Waals surface area contributed by atoms with Gasteiger partial charge in [0.15, 0.2) is 0 Å². The summed E-state index contributed by atoms with van der Waals surface area (Å²) in [5.41, 5.74) is 0. The third-order valence-corrected chi connectivity index (χ3v) is 10.4. The largest absolute Gasteiger partial charge is 0.396 e. The SMILES string of the molecule is CCCCCCCCCCC(CCCCCCCC)CC(O)CN(CCCO)CCCCCCCCCCC=O.CCCCCCCCOC. The Morgan fingerprint density at radius 1 is 0.540 bits per heavy atom. The lowest BCUT2D eigenvalue weighted by Crippen LogP contribution is -2.35. The van der Waals surface area contributed by atoms with Gasteiger partial charge in [0, 0.05) is 39.8 Å². The van der Waals surface area contributed by atoms with E-state index in [0.29, 0.717) is 12.3 Å². The third-order valence-electron chi connectivity index (χ3n) is 10.4. The maximum atomic E-state index is 11.1. The van der Waals surface area contributed by atoms with Gasteiger partial charge in [-0.2, -0.15) is 0 Å². The van der Waals surface area contributed by atoms with Crippen LogP contribution in [0, 0.1) is 5.92 Å². The van der Waals surface area contributed by atoms with E-state index in [1.165, 1.54) is 186 Å². The molecule has 0 aromatic heterocycles. The third kappa shape index (κ3) is 43.7. The smallest absolute Gasteiger partial charge is 0.119 e. The number of aliphatic hydroxyl groups excluding tert-OH is 2. The molecule has 0 saturated heterocycles. The highest BCUT2D eigenvalue weighted by atomic mass is 16.5. The van der Waals surface area contributed by atoms with E-state index >= 15 is 0 Å². The van der Waals surface area contributed by atoms with E-state index in [9.17, 15) is 15.0 Å². The lowest BCUT2D eigenvalue weighted by atomic mass is 9.89. The van der Waals surface area contributed by atoms with Crippen LogP contribution in [0.2, 0.25) is 0 Å². The summed E-state index contributed by atoms with van der Waals surface area (Å²) >= 11 is 0. The average Bonchev–Trinajstić information content (AvgIpc) is 3.12. The van der Waals surface area contributed by atoms with Crippen molar-refractivity contribution in [3.8, 4) is 0 Å². The molecule has 0 amide bonds. The van der Waals surface area contributed by atoms with E-state index in [1.807, 2.05) is 0 Å². The highest BCUT2D eigenvalue weighted by Gasteiger charge is 2.17. The fourth-order valence-corrected chi connectivity index (χ4v) is 7.16. The minimum atomic E-state index is -0.246. The maximum Gasteiger partial charge on any atom is 0.119 e. The predicted octanol–water partition coefficient (Wildman–Crippen LogP) is 13.0. The quantitative estimate of drug-likeness (QED) is 0.0488. The van der Waals surface area contributed by atoms with Crippen LogP contribution in [-0.2, 0) is 9.53 Å². The van der Waals surface area contributed by atoms with Crippen molar-refractivity contribution in [3.05, 3.63) is 0 Å². The van der Waals surface area contributed by atoms with E-state index in [4.69, 9.17) is 4.74 Å². The van der Waals surface area contributed by atoms with Crippen molar-refractivity contribution in [3.63, 3.8) is 0 Å². The molecule has 50 heavy (non-hydrogen) atoms. The van der Waals surface area contributed by atoms with Crippen molar-refractivity contribution >= 4 is 6.29 Å². The first-order valence-corrected chi connectivity index (χ1v) is 22.5. The van der Waals surface area contributed by atoms with Crippen LogP contribution in [0.15, 0.2) is 0 Å². The topological polar surface area (TPSA) is 70.0 Å². The van der Waals surface area contributed by atoms with E-state index in [0.717, 1.165) is 51.8 Å². The van der Waals surface area contributed by atoms with E-state index in [-0.39, 0.29) is 12.7 Å². The zero-order valence-corrected chi connectivity index (χ0v) is 34.8. The molecule has 0 fully saturated rings. The number of aliphatic hydroxyl groups is 2. The fraction of sp³-hybridized carbons (Fsp3) is 0.978. The van der Waals surface area contributed by atoms with Gasteiger partial charge in [-0.25, -0.2) is 0 Å². The van der Waals surface area contributed by atoms with E-state index in [2.05, 4.69) is 25.7 Å². The second-order valence-electron chi connectivity index (χ2n) is 15.5. The van der Waals surface area contributed by atoms with Crippen LogP contribution in [0.25, 0.3) is 0 Å². The number of rotatable bonds is 41. The first-order chi connectivity index (χ1) is 24.6. The summed E-state index contributed by atoms with van der Waals surface area (Å²) in [4.78, 5) is 12.8. The maximum absolute atomic E-state index is 11.1. The Morgan fingerprint density at radius 2 is 0.940 bits per heavy atom. The molecule has 0 aromatic rings. The molecule has 0 rings (SSSR count). The Kier molecular flexibility index (Phi) is 48.0. The van der Waals surface area contributed by atoms with Crippen LogP contribution < -0.4 is 0 Å². The van der Waals surface area contributed by atoms with Crippen LogP contribution >= 0.6 is 0 Å². The molecular formula is C45H93NO4. The molecule has 2 unspecified atom stereocenters. The second-order valence-corrected chi connectivity index (χ2v) is 15.5. The minimum absolute atomic E-state index is 0.232. The van der Waals surface area contributed by atoms with Gasteiger partial charge in [0.1, 0.15) is 6.29 Å². The van der Waals surface area contributed by atoms with Gasteiger partial charge in [-0.05, 0) is 44.6 Å². The second kappa shape index (κ2) is 46.5. The Balaban J connectivity index is 0. The molecule has 302 valence electrons. The summed E-state index contributed by atoms with van der Waals surface area (Å²) in [6.45, 7) is 10.7. The number of carbonyl (C=O) groups is 1. The molecule has 5 heteroatoms. The molecule has 0 radical (unpaired) electrons. The normalized spacial score (nSPS) is 12.6. The van der Waals surface area contributed by atoms with Gasteiger partial charge < -0.3 is 24.6 Å². The zero-order valence-electron chi connectivity index (χ0n) is 34.8. The van der Waals surface area contributed by atoms with Gasteiger partial charge in [-0.15, -0.1) is 0 Å². The number of carbonyl (C=O) groups excluding carboxylic acids is 1. The number of ether oxygens (including phenoxy) is 1. The standard InChI is InChI=1S/C36H73NO3.C9H20O/c1-3-5-7-9-11-15-19-23-28-35(27-22-18-10-8-6-4-2)33-36(40)34-37(30-26-32-39)29-24-20-16-13-12-14-17-21-25-31-38;1-3-4-5-6-7-8-9-10-2/h31,35-36,39-40H,3-30,32-34H2,1-2H3;3-9H2,1-2H3. The lowest BCUT2D eigenvalue weighted by Gasteiger charge is -2.27. The average molecular weight is 712 g/mol. The van der Waals surface area contributed by atoms with Crippen molar-refractivity contribution in [1.82, 2.24) is 4.90 Å². The van der Waals surface area contributed by atoms with Crippen LogP contribution in [0.4, 0.5) is 0 Å². The van der Waals surface area contributed by atoms with Gasteiger partial charge >= 0.3 is 0 Å². The molecule has 0 aliphatic rings. The van der Waals surface area contributed by atoms with Crippen molar-refractivity contribution in [1.29, 1.82) is 0 Å². The number of nitrogens with zero attached hydrogens (tertiary/aromatic N) is 1. The van der Waals surface area contributed by atoms with Gasteiger partial charge in [0.05, 0.1) is 6.10 Å². The summed E-state index contributed by atoms with van der Waals surface area (Å²) in [7, 11) is 1.77. The summed E-state index contributed by atoms with van der Waals surface area (Å²) < 4.78 is 4.95. The van der Waals surface area contributed by atoms with Crippen LogP contribution in [-0.4, -0.2) is 67.5 Å². The molecule has 0 heterocycles. The minimum Gasteiger partial charge on any atom is -0.396 e. The monoisotopic (exact) mass is 712 g/mol. The summed E-state index contributed by atoms with van der Waals surface area (Å²) in [5, 5.41) is 20.5. The van der Waals surface area contributed by atoms with Crippen LogP contribution in [0.5, 0.6) is 0 Å². The van der Waals surface area contributed by atoms with E-state index in [1.54, 1.807) is 7.11 Å². The number of unbranched alkanes of at least 4 members (excludes halogenated alkanes) is 25. The Hall–Kier alpha value is -0.490. The van der Waals surface area contributed by atoms with Crippen molar-refractivity contribution in [2.75, 3.05) is 40.0 Å². The number of hydrogen-bond donors (Lipinski definition) is 2. The van der Waals surface area contributed by atoms with Gasteiger partial charge in [0.2, 0.25) is 0 Å². The molecule has 0 aromatic carbocycles. The van der Waals surface area contributed by atoms with E-state index < -0.39 is 0 Å². The molecule has 0 aliphatic carbocycles. The lowest BCUT2D eigenvalue weighted by molar-refractivity contribution is -0.107. The Morgan fingerprint density at radius 3 is 1.38 bits per heavy atom. The van der Waals surface area contributed by atoms with Crippen LogP contribution in [0.1, 0.15) is 233 Å². The molecule has 2 N–H and O–H groups in total. The highest BCUT2D eigenvalue weighted by molar-refractivity contribution is 5.48. The Bertz CT molecular complexity index is 596. The summed E-state index contributed by atoms with van der Waals surface area (Å²) in [6, 6.07) is 0. The fourth-order valence-electron chi connectivity index (χ4n) is 7.16. The molecular weight excluding hydrogens is 618 g/mol. The number of hydrogen-bond acceptors (Lipinski definition) is 5. The van der Waals surface area contributed by atoms with Gasteiger partial charge in [-0.3, -0.25) is 0 Å². The molecule has 0 aliphatic heterocycles. The summed E-state index contributed by atoms with van der Waals surface area (Å²) in [5.74, 6) is 0.660. The summed E-state index contributed by atoms with van der Waals surface area (Å²) in [6.07, 6.45) is 42.8. The van der Waals surface area contributed by atoms with Crippen LogP contribution in [0.3, 0.4) is 0 Å². The number of aldehydes is 1. The first kappa shape index (κ1) is 51.6. The number of methoxy groups -OCH3 is 1. The van der Waals surface area contributed by atoms with Gasteiger partial charge in [0.25, 0.3) is 0 Å². The molecule has 2 atom stereocenters. The molecule has 0 saturated carbocycles. The van der Waals surface area contributed by atoms with Crippen molar-refractivity contribution in [2.45, 2.75) is 239 Å².